The van der Waals surface area contributed by atoms with Crippen LogP contribution < -0.4 is 0 Å². The Hall–Kier alpha value is -0.380. The van der Waals surface area contributed by atoms with Gasteiger partial charge >= 0.3 is 5.97 Å². The molecule has 0 N–H and O–H groups in total. The fourth-order valence-electron chi connectivity index (χ4n) is 0.806. The summed E-state index contributed by atoms with van der Waals surface area (Å²) in [7, 11) is 0. The van der Waals surface area contributed by atoms with Crippen LogP contribution in [-0.4, -0.2) is 16.9 Å². The number of hydrogen-bond acceptors (Lipinski definition) is 2. The fourth-order valence-corrected chi connectivity index (χ4v) is 1.21. The molecule has 0 fully saturated rings. The fraction of sp³-hybridized carbons (Fsp3) is 0.700. The number of allylic oxidation sites excluding steroid dienone is 1. The first-order valence-electron chi connectivity index (χ1n) is 4.45. The van der Waals surface area contributed by atoms with Crippen LogP contribution in [-0.2, 0) is 9.53 Å². The average molecular weight is 267 g/mol. The molecule has 0 aromatic carbocycles. The highest BCUT2D eigenvalue weighted by Gasteiger charge is 2.15. The zero-order valence-electron chi connectivity index (χ0n) is 8.77. The van der Waals surface area contributed by atoms with E-state index < -0.39 is 5.60 Å². The smallest absolute Gasteiger partial charge is 0.306 e. The zero-order chi connectivity index (χ0) is 11.2. The maximum absolute atomic E-state index is 12.1. The molecule has 0 bridgehead atoms. The van der Waals surface area contributed by atoms with E-state index in [1.54, 1.807) is 20.8 Å². The van der Waals surface area contributed by atoms with Crippen LogP contribution in [0.4, 0.5) is 4.39 Å². The van der Waals surface area contributed by atoms with Crippen LogP contribution in [0.15, 0.2) is 11.9 Å². The van der Waals surface area contributed by atoms with Gasteiger partial charge in [-0.3, -0.25) is 4.79 Å². The lowest BCUT2D eigenvalue weighted by Crippen LogP contribution is -2.23. The van der Waals surface area contributed by atoms with Crippen molar-refractivity contribution in [3.05, 3.63) is 11.9 Å². The molecule has 0 amide bonds. The third kappa shape index (κ3) is 7.06. The molecule has 82 valence electrons. The quantitative estimate of drug-likeness (QED) is 0.576. The Bertz CT molecular complexity index is 219. The minimum Gasteiger partial charge on any atom is -0.460 e. The number of rotatable bonds is 4. The Labute approximate surface area is 92.6 Å². The highest BCUT2D eigenvalue weighted by atomic mass is 79.9. The maximum Gasteiger partial charge on any atom is 0.306 e. The molecule has 0 aromatic rings. The van der Waals surface area contributed by atoms with E-state index in [1.807, 2.05) is 0 Å². The normalized spacial score (nSPS) is 12.8. The molecule has 0 saturated heterocycles. The van der Waals surface area contributed by atoms with Crippen molar-refractivity contribution in [2.24, 2.45) is 0 Å². The molecule has 0 aromatic heterocycles. The minimum absolute atomic E-state index is 0.221. The summed E-state index contributed by atoms with van der Waals surface area (Å²) in [4.78, 5) is 11.2. The Kier molecular flexibility index (Phi) is 6.00. The van der Waals surface area contributed by atoms with Gasteiger partial charge in [0.15, 0.2) is 0 Å². The summed E-state index contributed by atoms with van der Waals surface area (Å²) in [6, 6.07) is 0. The largest absolute Gasteiger partial charge is 0.460 e. The van der Waals surface area contributed by atoms with Gasteiger partial charge in [-0.15, -0.1) is 0 Å². The molecule has 0 aliphatic rings. The van der Waals surface area contributed by atoms with E-state index in [0.29, 0.717) is 23.7 Å². The SMILES string of the molecule is CC(C)(C)OC(=O)CC/C(=C/F)CBr. The number of ether oxygens (including phenoxy) is 1. The highest BCUT2D eigenvalue weighted by molar-refractivity contribution is 9.09. The van der Waals surface area contributed by atoms with Gasteiger partial charge in [0.25, 0.3) is 0 Å². The lowest BCUT2D eigenvalue weighted by molar-refractivity contribution is -0.154. The minimum atomic E-state index is -0.467. The zero-order valence-corrected chi connectivity index (χ0v) is 10.4. The van der Waals surface area contributed by atoms with Gasteiger partial charge in [-0.1, -0.05) is 15.9 Å². The summed E-state index contributed by atoms with van der Waals surface area (Å²) >= 11 is 3.13. The number of esters is 1. The highest BCUT2D eigenvalue weighted by Crippen LogP contribution is 2.13. The van der Waals surface area contributed by atoms with Crippen molar-refractivity contribution in [2.45, 2.75) is 39.2 Å². The first-order chi connectivity index (χ1) is 6.39. The van der Waals surface area contributed by atoms with Gasteiger partial charge in [-0.2, -0.15) is 0 Å². The molecule has 0 unspecified atom stereocenters. The van der Waals surface area contributed by atoms with Crippen LogP contribution in [0.5, 0.6) is 0 Å². The third-order valence-corrected chi connectivity index (χ3v) is 2.12. The van der Waals surface area contributed by atoms with Gasteiger partial charge in [0.2, 0.25) is 0 Å². The van der Waals surface area contributed by atoms with Gasteiger partial charge in [-0.05, 0) is 32.8 Å². The van der Waals surface area contributed by atoms with Crippen molar-refractivity contribution >= 4 is 21.9 Å². The van der Waals surface area contributed by atoms with E-state index in [2.05, 4.69) is 15.9 Å². The first-order valence-corrected chi connectivity index (χ1v) is 5.57. The Balaban J connectivity index is 3.86. The van der Waals surface area contributed by atoms with Gasteiger partial charge in [0.1, 0.15) is 5.60 Å². The third-order valence-electron chi connectivity index (χ3n) is 1.40. The van der Waals surface area contributed by atoms with Crippen molar-refractivity contribution < 1.29 is 13.9 Å². The van der Waals surface area contributed by atoms with Crippen LogP contribution in [0, 0.1) is 0 Å². The standard InChI is InChI=1S/C10H16BrFO2/c1-10(2,3)14-9(13)5-4-8(6-11)7-12/h7H,4-6H2,1-3H3/b8-7-. The van der Waals surface area contributed by atoms with E-state index in [-0.39, 0.29) is 12.4 Å². The molecule has 2 nitrogen and oxygen atoms in total. The van der Waals surface area contributed by atoms with Crippen molar-refractivity contribution in [3.63, 3.8) is 0 Å². The topological polar surface area (TPSA) is 26.3 Å². The molecule has 0 radical (unpaired) electrons. The van der Waals surface area contributed by atoms with E-state index in [0.717, 1.165) is 0 Å². The second-order valence-electron chi connectivity index (χ2n) is 3.99. The summed E-state index contributed by atoms with van der Waals surface area (Å²) in [6.07, 6.45) is 1.15. The Morgan fingerprint density at radius 1 is 1.43 bits per heavy atom. The Morgan fingerprint density at radius 2 is 2.00 bits per heavy atom. The summed E-state index contributed by atoms with van der Waals surface area (Å²) in [5.41, 5.74) is 0.0984. The van der Waals surface area contributed by atoms with Crippen molar-refractivity contribution in [1.82, 2.24) is 0 Å². The molecule has 0 rings (SSSR count). The summed E-state index contributed by atoms with van der Waals surface area (Å²) in [6.45, 7) is 5.42. The molecular formula is C10H16BrFO2. The van der Waals surface area contributed by atoms with Gasteiger partial charge in [-0.25, -0.2) is 4.39 Å². The van der Waals surface area contributed by atoms with Crippen LogP contribution in [0.3, 0.4) is 0 Å². The second kappa shape index (κ2) is 6.17. The monoisotopic (exact) mass is 266 g/mol. The molecule has 14 heavy (non-hydrogen) atoms. The molecule has 4 heteroatoms. The molecule has 0 spiro atoms. The number of carbonyl (C=O) groups is 1. The summed E-state index contributed by atoms with van der Waals surface area (Å²) in [5, 5.41) is 0.451. The van der Waals surface area contributed by atoms with Crippen LogP contribution in [0.1, 0.15) is 33.6 Å². The van der Waals surface area contributed by atoms with E-state index in [1.165, 1.54) is 0 Å². The van der Waals surface area contributed by atoms with Gasteiger partial charge in [0, 0.05) is 11.8 Å². The van der Waals surface area contributed by atoms with Crippen LogP contribution in [0.2, 0.25) is 0 Å². The lowest BCUT2D eigenvalue weighted by Gasteiger charge is -2.19. The first kappa shape index (κ1) is 13.6. The van der Waals surface area contributed by atoms with Gasteiger partial charge in [0.05, 0.1) is 6.33 Å². The van der Waals surface area contributed by atoms with Crippen LogP contribution in [0.25, 0.3) is 0 Å². The Morgan fingerprint density at radius 3 is 2.36 bits per heavy atom. The van der Waals surface area contributed by atoms with Crippen molar-refractivity contribution in [3.8, 4) is 0 Å². The molecule has 0 aliphatic heterocycles. The molecule has 0 saturated carbocycles. The predicted octanol–water partition coefficient (Wildman–Crippen LogP) is 3.36. The second-order valence-corrected chi connectivity index (χ2v) is 4.55. The van der Waals surface area contributed by atoms with Crippen LogP contribution >= 0.6 is 15.9 Å². The number of halogens is 2. The molecular weight excluding hydrogens is 251 g/mol. The number of alkyl halides is 1. The molecule has 0 aliphatic carbocycles. The average Bonchev–Trinajstić information content (AvgIpc) is 2.03. The maximum atomic E-state index is 12.1. The van der Waals surface area contributed by atoms with E-state index in [9.17, 15) is 9.18 Å². The summed E-state index contributed by atoms with van der Waals surface area (Å²) < 4.78 is 17.2. The van der Waals surface area contributed by atoms with E-state index >= 15 is 0 Å². The summed E-state index contributed by atoms with van der Waals surface area (Å²) in [5.74, 6) is -0.294. The lowest BCUT2D eigenvalue weighted by atomic mass is 10.1. The van der Waals surface area contributed by atoms with E-state index in [4.69, 9.17) is 4.74 Å². The number of hydrogen-bond donors (Lipinski definition) is 0. The number of carbonyl (C=O) groups excluding carboxylic acids is 1. The van der Waals surface area contributed by atoms with Crippen molar-refractivity contribution in [1.29, 1.82) is 0 Å². The van der Waals surface area contributed by atoms with Crippen molar-refractivity contribution in [2.75, 3.05) is 5.33 Å². The molecule has 0 heterocycles. The predicted molar refractivity (Wildman–Crippen MR) is 58.1 cm³/mol. The van der Waals surface area contributed by atoms with Gasteiger partial charge < -0.3 is 4.74 Å². The molecule has 0 atom stereocenters.